The zero-order chi connectivity index (χ0) is 20.5. The number of nitrogens with zero attached hydrogens (tertiary/aromatic N) is 2. The van der Waals surface area contributed by atoms with Crippen LogP contribution in [-0.2, 0) is 11.3 Å². The van der Waals surface area contributed by atoms with Crippen LogP contribution in [0.15, 0.2) is 23.2 Å². The van der Waals surface area contributed by atoms with Crippen molar-refractivity contribution in [2.24, 2.45) is 10.9 Å². The number of amides is 1. The van der Waals surface area contributed by atoms with Crippen molar-refractivity contribution >= 4 is 11.9 Å². The van der Waals surface area contributed by atoms with E-state index in [4.69, 9.17) is 4.74 Å². The first kappa shape index (κ1) is 22.1. The topological polar surface area (TPSA) is 66.0 Å². The van der Waals surface area contributed by atoms with Crippen LogP contribution < -0.4 is 15.4 Å². The summed E-state index contributed by atoms with van der Waals surface area (Å²) in [6.07, 6.45) is 2.95. The number of carbonyl (C=O) groups is 1. The lowest BCUT2D eigenvalue weighted by atomic mass is 10.00. The van der Waals surface area contributed by atoms with Crippen molar-refractivity contribution in [3.63, 3.8) is 0 Å². The van der Waals surface area contributed by atoms with Crippen molar-refractivity contribution in [2.75, 3.05) is 26.7 Å². The number of carbonyl (C=O) groups excluding carboxylic acids is 1. The van der Waals surface area contributed by atoms with E-state index in [9.17, 15) is 4.79 Å². The van der Waals surface area contributed by atoms with Crippen LogP contribution in [-0.4, -0.2) is 49.6 Å². The van der Waals surface area contributed by atoms with Gasteiger partial charge in [-0.05, 0) is 51.2 Å². The van der Waals surface area contributed by atoms with Gasteiger partial charge in [-0.2, -0.15) is 0 Å². The van der Waals surface area contributed by atoms with Crippen LogP contribution in [0.25, 0.3) is 0 Å². The minimum absolute atomic E-state index is 0.126. The number of aliphatic imine (C=N–C) groups is 1. The lowest BCUT2D eigenvalue weighted by Crippen LogP contribution is -2.42. The molecule has 0 saturated carbocycles. The minimum Gasteiger partial charge on any atom is -0.491 e. The van der Waals surface area contributed by atoms with E-state index in [1.807, 2.05) is 18.7 Å². The van der Waals surface area contributed by atoms with Gasteiger partial charge in [-0.3, -0.25) is 9.79 Å². The molecular formula is C22H36N4O2. The number of guanidine groups is 1. The Hall–Kier alpha value is -2.24. The number of rotatable bonds is 7. The van der Waals surface area contributed by atoms with Crippen molar-refractivity contribution in [3.8, 4) is 5.75 Å². The molecule has 1 aromatic carbocycles. The maximum absolute atomic E-state index is 12.4. The number of ether oxygens (including phenoxy) is 1. The standard InChI is InChI=1S/C22H36N4O2/c1-16(2)28-20-13-17(3)8-9-19(20)14-25-22(23-5)24-11-10-21(27)26-12-6-7-18(4)15-26/h8-9,13,16,18H,6-7,10-12,14-15H2,1-5H3,(H2,23,24,25). The SMILES string of the molecule is CN=C(NCCC(=O)N1CCCC(C)C1)NCc1ccc(C)cc1OC(C)C. The molecule has 156 valence electrons. The van der Waals surface area contributed by atoms with E-state index < -0.39 is 0 Å². The summed E-state index contributed by atoms with van der Waals surface area (Å²) >= 11 is 0. The van der Waals surface area contributed by atoms with E-state index in [2.05, 4.69) is 47.7 Å². The van der Waals surface area contributed by atoms with Gasteiger partial charge in [-0.1, -0.05) is 19.1 Å². The third-order valence-electron chi connectivity index (χ3n) is 4.90. The molecule has 1 amide bonds. The highest BCUT2D eigenvalue weighted by Gasteiger charge is 2.20. The number of hydrogen-bond donors (Lipinski definition) is 2. The van der Waals surface area contributed by atoms with E-state index in [1.54, 1.807) is 7.05 Å². The molecule has 1 aliphatic rings. The van der Waals surface area contributed by atoms with Gasteiger partial charge in [-0.25, -0.2) is 0 Å². The Labute approximate surface area is 169 Å². The van der Waals surface area contributed by atoms with Gasteiger partial charge in [0.2, 0.25) is 5.91 Å². The van der Waals surface area contributed by atoms with Crippen LogP contribution in [0.3, 0.4) is 0 Å². The first-order valence-corrected chi connectivity index (χ1v) is 10.4. The van der Waals surface area contributed by atoms with Gasteiger partial charge in [0.25, 0.3) is 0 Å². The molecule has 1 fully saturated rings. The predicted molar refractivity (Wildman–Crippen MR) is 115 cm³/mol. The van der Waals surface area contributed by atoms with Crippen LogP contribution in [0.2, 0.25) is 0 Å². The first-order valence-electron chi connectivity index (χ1n) is 10.4. The molecule has 1 atom stereocenters. The maximum atomic E-state index is 12.4. The van der Waals surface area contributed by atoms with Crippen molar-refractivity contribution in [2.45, 2.75) is 59.6 Å². The molecule has 28 heavy (non-hydrogen) atoms. The summed E-state index contributed by atoms with van der Waals surface area (Å²) in [6, 6.07) is 6.22. The molecule has 1 unspecified atom stereocenters. The van der Waals surface area contributed by atoms with Crippen LogP contribution in [0.5, 0.6) is 5.75 Å². The fourth-order valence-electron chi connectivity index (χ4n) is 3.43. The van der Waals surface area contributed by atoms with Gasteiger partial charge in [0.15, 0.2) is 5.96 Å². The van der Waals surface area contributed by atoms with E-state index in [0.29, 0.717) is 31.4 Å². The zero-order valence-electron chi connectivity index (χ0n) is 18.0. The summed E-state index contributed by atoms with van der Waals surface area (Å²) in [7, 11) is 1.74. The molecule has 0 aromatic heterocycles. The highest BCUT2D eigenvalue weighted by molar-refractivity contribution is 5.81. The third kappa shape index (κ3) is 7.06. The smallest absolute Gasteiger partial charge is 0.224 e. The minimum atomic E-state index is 0.126. The van der Waals surface area contributed by atoms with Crippen LogP contribution in [0.1, 0.15) is 51.2 Å². The molecular weight excluding hydrogens is 352 g/mol. The molecule has 1 heterocycles. The Morgan fingerprint density at radius 1 is 1.36 bits per heavy atom. The van der Waals surface area contributed by atoms with Crippen molar-refractivity contribution in [1.29, 1.82) is 0 Å². The Morgan fingerprint density at radius 2 is 2.14 bits per heavy atom. The second-order valence-electron chi connectivity index (χ2n) is 7.97. The largest absolute Gasteiger partial charge is 0.491 e. The average Bonchev–Trinajstić information content (AvgIpc) is 2.65. The second kappa shape index (κ2) is 10.9. The summed E-state index contributed by atoms with van der Waals surface area (Å²) in [4.78, 5) is 18.6. The highest BCUT2D eigenvalue weighted by Crippen LogP contribution is 2.21. The van der Waals surface area contributed by atoms with Crippen molar-refractivity contribution in [1.82, 2.24) is 15.5 Å². The Balaban J connectivity index is 1.81. The third-order valence-corrected chi connectivity index (χ3v) is 4.90. The van der Waals surface area contributed by atoms with Crippen molar-refractivity contribution in [3.05, 3.63) is 29.3 Å². The van der Waals surface area contributed by atoms with Crippen LogP contribution in [0, 0.1) is 12.8 Å². The predicted octanol–water partition coefficient (Wildman–Crippen LogP) is 3.10. The summed E-state index contributed by atoms with van der Waals surface area (Å²) in [6.45, 7) is 11.3. The van der Waals surface area contributed by atoms with Gasteiger partial charge in [-0.15, -0.1) is 0 Å². The molecule has 0 aliphatic carbocycles. The number of hydrogen-bond acceptors (Lipinski definition) is 3. The Morgan fingerprint density at radius 3 is 2.82 bits per heavy atom. The lowest BCUT2D eigenvalue weighted by Gasteiger charge is -2.31. The molecule has 1 aromatic rings. The van der Waals surface area contributed by atoms with Gasteiger partial charge in [0, 0.05) is 45.2 Å². The number of benzene rings is 1. The van der Waals surface area contributed by atoms with Gasteiger partial charge in [0.05, 0.1) is 6.10 Å². The van der Waals surface area contributed by atoms with E-state index in [1.165, 1.54) is 12.0 Å². The molecule has 6 heteroatoms. The summed E-state index contributed by atoms with van der Waals surface area (Å²) in [5.41, 5.74) is 2.26. The molecule has 2 rings (SSSR count). The molecule has 1 saturated heterocycles. The number of aryl methyl sites for hydroxylation is 1. The van der Waals surface area contributed by atoms with Crippen molar-refractivity contribution < 1.29 is 9.53 Å². The molecule has 0 spiro atoms. The van der Waals surface area contributed by atoms with Crippen LogP contribution >= 0.6 is 0 Å². The van der Waals surface area contributed by atoms with E-state index in [0.717, 1.165) is 30.8 Å². The molecule has 1 aliphatic heterocycles. The number of nitrogens with one attached hydrogen (secondary N) is 2. The number of piperidine rings is 1. The Kier molecular flexibility index (Phi) is 8.61. The molecule has 2 N–H and O–H groups in total. The first-order chi connectivity index (χ1) is 13.4. The van der Waals surface area contributed by atoms with E-state index >= 15 is 0 Å². The molecule has 6 nitrogen and oxygen atoms in total. The summed E-state index contributed by atoms with van der Waals surface area (Å²) in [5.74, 6) is 2.42. The second-order valence-corrected chi connectivity index (χ2v) is 7.97. The van der Waals surface area contributed by atoms with Gasteiger partial charge in [0.1, 0.15) is 5.75 Å². The van der Waals surface area contributed by atoms with E-state index in [-0.39, 0.29) is 12.0 Å². The molecule has 0 radical (unpaired) electrons. The average molecular weight is 389 g/mol. The van der Waals surface area contributed by atoms with Gasteiger partial charge >= 0.3 is 0 Å². The quantitative estimate of drug-likeness (QED) is 0.556. The number of likely N-dealkylation sites (tertiary alicyclic amines) is 1. The maximum Gasteiger partial charge on any atom is 0.224 e. The fraction of sp³-hybridized carbons (Fsp3) is 0.636. The van der Waals surface area contributed by atoms with Crippen LogP contribution in [0.4, 0.5) is 0 Å². The highest BCUT2D eigenvalue weighted by atomic mass is 16.5. The van der Waals surface area contributed by atoms with Gasteiger partial charge < -0.3 is 20.3 Å². The summed E-state index contributed by atoms with van der Waals surface area (Å²) < 4.78 is 5.93. The lowest BCUT2D eigenvalue weighted by molar-refractivity contribution is -0.132. The zero-order valence-corrected chi connectivity index (χ0v) is 18.0. The monoisotopic (exact) mass is 388 g/mol. The fourth-order valence-corrected chi connectivity index (χ4v) is 3.43. The Bertz CT molecular complexity index is 673. The molecule has 0 bridgehead atoms. The summed E-state index contributed by atoms with van der Waals surface area (Å²) in [5, 5.41) is 6.56. The normalized spacial score (nSPS) is 17.6.